The number of nitrogens with one attached hydrogen (secondary N) is 2. The Morgan fingerprint density at radius 2 is 2.05 bits per heavy atom. The number of aliphatic carboxylic acids is 1. The Hall–Kier alpha value is -2.44. The van der Waals surface area contributed by atoms with E-state index in [1.54, 1.807) is 0 Å². The van der Waals surface area contributed by atoms with Crippen molar-refractivity contribution in [1.29, 1.82) is 0 Å². The molecule has 7 heteroatoms. The van der Waals surface area contributed by atoms with Crippen molar-refractivity contribution in [3.05, 3.63) is 23.5 Å². The number of carboxylic acid groups (broad SMARTS) is 1. The predicted octanol–water partition coefficient (Wildman–Crippen LogP) is 1.37. The molecule has 3 rings (SSSR count). The summed E-state index contributed by atoms with van der Waals surface area (Å²) in [6.45, 7) is 0. The smallest absolute Gasteiger partial charge is 0.307 e. The molecule has 1 aromatic rings. The van der Waals surface area contributed by atoms with Crippen molar-refractivity contribution in [2.24, 2.45) is 11.8 Å². The minimum absolute atomic E-state index is 0.0194. The third-order valence-corrected chi connectivity index (χ3v) is 3.79. The lowest BCUT2D eigenvalue weighted by atomic mass is 10.0. The molecule has 1 aliphatic carbocycles. The van der Waals surface area contributed by atoms with Gasteiger partial charge in [0.2, 0.25) is 11.8 Å². The van der Waals surface area contributed by atoms with Crippen LogP contribution in [0.5, 0.6) is 0 Å². The maximum atomic E-state index is 13.9. The fraction of sp³-hybridized carbons (Fsp3) is 0.357. The molecule has 0 bridgehead atoms. The molecule has 1 fully saturated rings. The van der Waals surface area contributed by atoms with Gasteiger partial charge < -0.3 is 15.7 Å². The van der Waals surface area contributed by atoms with Crippen LogP contribution in [0.3, 0.4) is 0 Å². The Kier molecular flexibility index (Phi) is 3.12. The summed E-state index contributed by atoms with van der Waals surface area (Å²) in [4.78, 5) is 33.8. The number of benzene rings is 1. The molecule has 1 aromatic carbocycles. The SMILES string of the molecule is O=C1CCc2cc(NC(=O)C3CC3C(=O)O)c(F)cc2N1. The van der Waals surface area contributed by atoms with Crippen molar-refractivity contribution < 1.29 is 23.9 Å². The number of rotatable bonds is 3. The summed E-state index contributed by atoms with van der Waals surface area (Å²) >= 11 is 0. The predicted molar refractivity (Wildman–Crippen MR) is 71.2 cm³/mol. The Morgan fingerprint density at radius 3 is 2.71 bits per heavy atom. The fourth-order valence-corrected chi connectivity index (χ4v) is 2.48. The van der Waals surface area contributed by atoms with Gasteiger partial charge in [-0.25, -0.2) is 4.39 Å². The van der Waals surface area contributed by atoms with Crippen LogP contribution in [-0.2, 0) is 20.8 Å². The van der Waals surface area contributed by atoms with Crippen molar-refractivity contribution >= 4 is 29.2 Å². The summed E-state index contributed by atoms with van der Waals surface area (Å²) in [6, 6.07) is 2.66. The summed E-state index contributed by atoms with van der Waals surface area (Å²) in [5.74, 6) is -3.59. The zero-order valence-electron chi connectivity index (χ0n) is 11.0. The van der Waals surface area contributed by atoms with Gasteiger partial charge in [-0.05, 0) is 30.5 Å². The third-order valence-electron chi connectivity index (χ3n) is 3.79. The van der Waals surface area contributed by atoms with Crippen LogP contribution in [0, 0.1) is 17.7 Å². The van der Waals surface area contributed by atoms with Crippen LogP contribution in [-0.4, -0.2) is 22.9 Å². The molecule has 0 saturated heterocycles. The Balaban J connectivity index is 1.76. The van der Waals surface area contributed by atoms with Gasteiger partial charge in [0.25, 0.3) is 0 Å². The summed E-state index contributed by atoms with van der Waals surface area (Å²) < 4.78 is 13.9. The van der Waals surface area contributed by atoms with Gasteiger partial charge in [-0.2, -0.15) is 0 Å². The number of amides is 2. The number of anilines is 2. The number of carbonyl (C=O) groups is 3. The van der Waals surface area contributed by atoms with E-state index in [0.29, 0.717) is 18.5 Å². The number of hydrogen-bond donors (Lipinski definition) is 3. The summed E-state index contributed by atoms with van der Waals surface area (Å²) in [5.41, 5.74) is 1.18. The molecule has 1 saturated carbocycles. The standard InChI is InChI=1S/C14H13FN2O4/c15-9-5-10-6(1-2-12(18)16-10)3-11(9)17-13(19)7-4-8(7)14(20)21/h3,5,7-8H,1-2,4H2,(H,16,18)(H,17,19)(H,20,21). The number of aryl methyl sites for hydroxylation is 1. The average Bonchev–Trinajstić information content (AvgIpc) is 3.20. The lowest BCUT2D eigenvalue weighted by Crippen LogP contribution is -2.21. The van der Waals surface area contributed by atoms with Gasteiger partial charge in [-0.15, -0.1) is 0 Å². The van der Waals surface area contributed by atoms with E-state index >= 15 is 0 Å². The van der Waals surface area contributed by atoms with Crippen LogP contribution in [0.2, 0.25) is 0 Å². The van der Waals surface area contributed by atoms with Gasteiger partial charge in [0.1, 0.15) is 5.82 Å². The molecule has 0 aromatic heterocycles. The minimum Gasteiger partial charge on any atom is -0.481 e. The van der Waals surface area contributed by atoms with Crippen LogP contribution >= 0.6 is 0 Å². The van der Waals surface area contributed by atoms with Crippen molar-refractivity contribution in [2.75, 3.05) is 10.6 Å². The van der Waals surface area contributed by atoms with Crippen molar-refractivity contribution in [1.82, 2.24) is 0 Å². The third kappa shape index (κ3) is 2.58. The van der Waals surface area contributed by atoms with E-state index in [4.69, 9.17) is 5.11 Å². The highest BCUT2D eigenvalue weighted by Crippen LogP contribution is 2.40. The second-order valence-corrected chi connectivity index (χ2v) is 5.31. The molecular weight excluding hydrogens is 279 g/mol. The van der Waals surface area contributed by atoms with E-state index in [1.807, 2.05) is 0 Å². The average molecular weight is 292 g/mol. The first-order valence-corrected chi connectivity index (χ1v) is 6.61. The molecule has 21 heavy (non-hydrogen) atoms. The Morgan fingerprint density at radius 1 is 1.29 bits per heavy atom. The van der Waals surface area contributed by atoms with Crippen LogP contribution in [0.15, 0.2) is 12.1 Å². The number of carboxylic acids is 1. The number of fused-ring (bicyclic) bond motifs is 1. The quantitative estimate of drug-likeness (QED) is 0.784. The summed E-state index contributed by atoms with van der Waals surface area (Å²) in [5, 5.41) is 13.8. The molecule has 2 aliphatic rings. The highest BCUT2D eigenvalue weighted by molar-refractivity contribution is 5.99. The monoisotopic (exact) mass is 292 g/mol. The highest BCUT2D eigenvalue weighted by atomic mass is 19.1. The second-order valence-electron chi connectivity index (χ2n) is 5.31. The van der Waals surface area contributed by atoms with Gasteiger partial charge in [0.05, 0.1) is 17.5 Å². The first kappa shape index (κ1) is 13.5. The number of carbonyl (C=O) groups excluding carboxylic acids is 2. The molecule has 1 heterocycles. The zero-order valence-corrected chi connectivity index (χ0v) is 11.0. The molecule has 2 amide bonds. The van der Waals surface area contributed by atoms with Gasteiger partial charge in [-0.3, -0.25) is 14.4 Å². The van der Waals surface area contributed by atoms with Gasteiger partial charge >= 0.3 is 5.97 Å². The van der Waals surface area contributed by atoms with Crippen molar-refractivity contribution in [2.45, 2.75) is 19.3 Å². The summed E-state index contributed by atoms with van der Waals surface area (Å²) in [6.07, 6.45) is 1.07. The normalized spacial score (nSPS) is 23.0. The number of halogens is 1. The maximum Gasteiger partial charge on any atom is 0.307 e. The second kappa shape index (κ2) is 4.83. The van der Waals surface area contributed by atoms with Crippen LogP contribution in [0.4, 0.5) is 15.8 Å². The van der Waals surface area contributed by atoms with E-state index in [1.165, 1.54) is 12.1 Å². The zero-order chi connectivity index (χ0) is 15.1. The van der Waals surface area contributed by atoms with Crippen molar-refractivity contribution in [3.8, 4) is 0 Å². The van der Waals surface area contributed by atoms with Crippen LogP contribution in [0.1, 0.15) is 18.4 Å². The van der Waals surface area contributed by atoms with Crippen LogP contribution in [0.25, 0.3) is 0 Å². The molecule has 0 radical (unpaired) electrons. The molecule has 2 atom stereocenters. The van der Waals surface area contributed by atoms with Gasteiger partial charge in [-0.1, -0.05) is 0 Å². The van der Waals surface area contributed by atoms with E-state index < -0.39 is 29.5 Å². The summed E-state index contributed by atoms with van der Waals surface area (Å²) in [7, 11) is 0. The van der Waals surface area contributed by atoms with E-state index in [2.05, 4.69) is 10.6 Å². The molecule has 2 unspecified atom stereocenters. The highest BCUT2D eigenvalue weighted by Gasteiger charge is 2.48. The molecule has 6 nitrogen and oxygen atoms in total. The van der Waals surface area contributed by atoms with Crippen molar-refractivity contribution in [3.63, 3.8) is 0 Å². The first-order chi connectivity index (χ1) is 9.95. The fourth-order valence-electron chi connectivity index (χ4n) is 2.48. The molecule has 3 N–H and O–H groups in total. The lowest BCUT2D eigenvalue weighted by Gasteiger charge is -2.18. The van der Waals surface area contributed by atoms with Gasteiger partial charge in [0, 0.05) is 12.1 Å². The largest absolute Gasteiger partial charge is 0.481 e. The van der Waals surface area contributed by atoms with E-state index in [0.717, 1.165) is 5.56 Å². The molecule has 1 aliphatic heterocycles. The number of hydrogen-bond acceptors (Lipinski definition) is 3. The van der Waals surface area contributed by atoms with E-state index in [9.17, 15) is 18.8 Å². The lowest BCUT2D eigenvalue weighted by molar-refractivity contribution is -0.139. The molecule has 0 spiro atoms. The minimum atomic E-state index is -1.01. The molecule has 110 valence electrons. The molecular formula is C14H13FN2O4. The maximum absolute atomic E-state index is 13.9. The van der Waals surface area contributed by atoms with E-state index in [-0.39, 0.29) is 18.0 Å². The Bertz CT molecular complexity index is 659. The topological polar surface area (TPSA) is 95.5 Å². The van der Waals surface area contributed by atoms with Crippen LogP contribution < -0.4 is 10.6 Å². The Labute approximate surface area is 119 Å². The van der Waals surface area contributed by atoms with Gasteiger partial charge in [0.15, 0.2) is 0 Å². The first-order valence-electron chi connectivity index (χ1n) is 6.61.